The summed E-state index contributed by atoms with van der Waals surface area (Å²) >= 11 is 0. The Morgan fingerprint density at radius 1 is 1.30 bits per heavy atom. The highest BCUT2D eigenvalue weighted by Crippen LogP contribution is 2.33. The number of aliphatic hydroxyl groups is 1. The molecule has 9 nitrogen and oxygen atoms in total. The molecule has 1 aromatic carbocycles. The van der Waals surface area contributed by atoms with E-state index in [-0.39, 0.29) is 30.3 Å². The van der Waals surface area contributed by atoms with E-state index in [4.69, 9.17) is 4.52 Å². The SMILES string of the molecule is Cc1noc([C@]2(O)CCN(S(=O)(=O)c3cnn(Cc4ccccc4)c3)C2)n1. The maximum absolute atomic E-state index is 12.9. The number of hydrogen-bond donors (Lipinski definition) is 1. The largest absolute Gasteiger partial charge is 0.379 e. The monoisotopic (exact) mass is 389 g/mol. The molecule has 142 valence electrons. The predicted molar refractivity (Wildman–Crippen MR) is 94.1 cm³/mol. The van der Waals surface area contributed by atoms with E-state index in [2.05, 4.69) is 15.2 Å². The van der Waals surface area contributed by atoms with E-state index < -0.39 is 15.6 Å². The lowest BCUT2D eigenvalue weighted by Crippen LogP contribution is -2.34. The van der Waals surface area contributed by atoms with Crippen molar-refractivity contribution < 1.29 is 18.0 Å². The molecule has 0 amide bonds. The number of hydrogen-bond acceptors (Lipinski definition) is 7. The molecule has 0 saturated carbocycles. The minimum atomic E-state index is -3.78. The Hall–Kier alpha value is -2.56. The van der Waals surface area contributed by atoms with E-state index in [0.29, 0.717) is 12.4 Å². The summed E-state index contributed by atoms with van der Waals surface area (Å²) in [6, 6.07) is 9.65. The number of rotatable bonds is 5. The van der Waals surface area contributed by atoms with Gasteiger partial charge in [0.1, 0.15) is 4.90 Å². The Morgan fingerprint density at radius 3 is 2.78 bits per heavy atom. The molecule has 2 aromatic heterocycles. The fraction of sp³-hybridized carbons (Fsp3) is 0.353. The second-order valence-corrected chi connectivity index (χ2v) is 8.56. The first-order valence-corrected chi connectivity index (χ1v) is 9.90. The zero-order valence-electron chi connectivity index (χ0n) is 14.7. The van der Waals surface area contributed by atoms with Crippen molar-refractivity contribution in [2.45, 2.75) is 30.4 Å². The molecule has 0 aliphatic carbocycles. The summed E-state index contributed by atoms with van der Waals surface area (Å²) in [5, 5.41) is 18.6. The van der Waals surface area contributed by atoms with Crippen molar-refractivity contribution in [2.24, 2.45) is 0 Å². The molecule has 10 heteroatoms. The zero-order valence-corrected chi connectivity index (χ0v) is 15.5. The van der Waals surface area contributed by atoms with Crippen LogP contribution in [-0.4, -0.2) is 50.8 Å². The van der Waals surface area contributed by atoms with Crippen LogP contribution in [0, 0.1) is 6.92 Å². The van der Waals surface area contributed by atoms with Gasteiger partial charge in [0.2, 0.25) is 10.0 Å². The molecule has 1 fully saturated rings. The van der Waals surface area contributed by atoms with Crippen LogP contribution in [0.3, 0.4) is 0 Å². The van der Waals surface area contributed by atoms with Crippen molar-refractivity contribution in [2.75, 3.05) is 13.1 Å². The molecular weight excluding hydrogens is 370 g/mol. The van der Waals surface area contributed by atoms with Crippen LogP contribution >= 0.6 is 0 Å². The molecule has 1 aliphatic rings. The van der Waals surface area contributed by atoms with Gasteiger partial charge in [-0.2, -0.15) is 14.4 Å². The molecule has 0 bridgehead atoms. The molecule has 3 aromatic rings. The van der Waals surface area contributed by atoms with Gasteiger partial charge in [0.05, 0.1) is 19.3 Å². The van der Waals surface area contributed by atoms with E-state index in [1.807, 2.05) is 30.3 Å². The Balaban J connectivity index is 1.52. The molecule has 3 heterocycles. The number of nitrogens with zero attached hydrogens (tertiary/aromatic N) is 5. The quantitative estimate of drug-likeness (QED) is 0.689. The van der Waals surface area contributed by atoms with Crippen molar-refractivity contribution in [3.63, 3.8) is 0 Å². The summed E-state index contributed by atoms with van der Waals surface area (Å²) < 4.78 is 33.7. The van der Waals surface area contributed by atoms with Crippen LogP contribution in [0.15, 0.2) is 52.1 Å². The zero-order chi connectivity index (χ0) is 19.1. The molecule has 0 radical (unpaired) electrons. The number of β-amino-alcohol motifs (C(OH)–C–C–N with tert-alkyl or cyclic N) is 1. The van der Waals surface area contributed by atoms with Crippen LogP contribution in [0.4, 0.5) is 0 Å². The van der Waals surface area contributed by atoms with E-state index in [9.17, 15) is 13.5 Å². The highest BCUT2D eigenvalue weighted by atomic mass is 32.2. The summed E-state index contributed by atoms with van der Waals surface area (Å²) in [7, 11) is -3.78. The van der Waals surface area contributed by atoms with Crippen molar-refractivity contribution in [1.82, 2.24) is 24.2 Å². The van der Waals surface area contributed by atoms with Crippen molar-refractivity contribution in [3.05, 3.63) is 60.0 Å². The first-order valence-electron chi connectivity index (χ1n) is 8.46. The molecular formula is C17H19N5O4S. The normalized spacial score (nSPS) is 21.0. The van der Waals surface area contributed by atoms with Crippen LogP contribution in [0.1, 0.15) is 23.7 Å². The molecule has 4 rings (SSSR count). The van der Waals surface area contributed by atoms with E-state index in [1.54, 1.807) is 11.6 Å². The van der Waals surface area contributed by atoms with Gasteiger partial charge in [0.25, 0.3) is 5.89 Å². The molecule has 1 atom stereocenters. The molecule has 1 N–H and O–H groups in total. The Kier molecular flexibility index (Phi) is 4.33. The molecule has 1 aliphatic heterocycles. The smallest absolute Gasteiger partial charge is 0.260 e. The minimum absolute atomic E-state index is 0.0393. The Morgan fingerprint density at radius 2 is 2.07 bits per heavy atom. The molecule has 0 spiro atoms. The highest BCUT2D eigenvalue weighted by molar-refractivity contribution is 7.89. The van der Waals surface area contributed by atoms with Gasteiger partial charge < -0.3 is 9.63 Å². The van der Waals surface area contributed by atoms with Gasteiger partial charge in [-0.1, -0.05) is 35.5 Å². The second kappa shape index (κ2) is 6.55. The summed E-state index contributed by atoms with van der Waals surface area (Å²) in [4.78, 5) is 4.13. The number of sulfonamides is 1. The van der Waals surface area contributed by atoms with Crippen molar-refractivity contribution in [1.29, 1.82) is 0 Å². The third kappa shape index (κ3) is 3.38. The van der Waals surface area contributed by atoms with E-state index in [1.165, 1.54) is 16.7 Å². The average Bonchev–Trinajstić information content (AvgIpc) is 3.37. The van der Waals surface area contributed by atoms with E-state index >= 15 is 0 Å². The Bertz CT molecular complexity index is 1050. The van der Waals surface area contributed by atoms with Gasteiger partial charge in [-0.05, 0) is 12.5 Å². The second-order valence-electron chi connectivity index (χ2n) is 6.63. The van der Waals surface area contributed by atoms with E-state index in [0.717, 1.165) is 5.56 Å². The summed E-state index contributed by atoms with van der Waals surface area (Å²) in [5.41, 5.74) is -0.458. The van der Waals surface area contributed by atoms with Gasteiger partial charge in [-0.3, -0.25) is 4.68 Å². The van der Waals surface area contributed by atoms with Crippen molar-refractivity contribution >= 4 is 10.0 Å². The Labute approximate surface area is 156 Å². The lowest BCUT2D eigenvalue weighted by atomic mass is 10.0. The maximum Gasteiger partial charge on any atom is 0.260 e. The fourth-order valence-corrected chi connectivity index (χ4v) is 4.56. The fourth-order valence-electron chi connectivity index (χ4n) is 3.11. The number of aryl methyl sites for hydroxylation is 1. The maximum atomic E-state index is 12.9. The third-order valence-electron chi connectivity index (χ3n) is 4.57. The lowest BCUT2D eigenvalue weighted by molar-refractivity contribution is 0.0194. The summed E-state index contributed by atoms with van der Waals surface area (Å²) in [6.07, 6.45) is 3.01. The van der Waals surface area contributed by atoms with Gasteiger partial charge in [-0.25, -0.2) is 8.42 Å². The van der Waals surface area contributed by atoms with Crippen LogP contribution in [0.25, 0.3) is 0 Å². The van der Waals surface area contributed by atoms with Crippen LogP contribution < -0.4 is 0 Å². The van der Waals surface area contributed by atoms with Crippen LogP contribution in [0.2, 0.25) is 0 Å². The van der Waals surface area contributed by atoms with Gasteiger partial charge in [-0.15, -0.1) is 0 Å². The number of benzene rings is 1. The van der Waals surface area contributed by atoms with Gasteiger partial charge in [0.15, 0.2) is 11.4 Å². The topological polar surface area (TPSA) is 114 Å². The standard InChI is InChI=1S/C17H19N5O4S/c1-13-19-16(26-20-13)17(23)7-8-22(12-17)27(24,25)15-9-18-21(11-15)10-14-5-3-2-4-6-14/h2-6,9,11,23H,7-8,10,12H2,1H3/t17-/m0/s1. The molecule has 0 unspecified atom stereocenters. The van der Waals surface area contributed by atoms with Gasteiger partial charge >= 0.3 is 0 Å². The summed E-state index contributed by atoms with van der Waals surface area (Å²) in [5.74, 6) is 0.430. The highest BCUT2D eigenvalue weighted by Gasteiger charge is 2.46. The molecule has 27 heavy (non-hydrogen) atoms. The van der Waals surface area contributed by atoms with Crippen LogP contribution in [0.5, 0.6) is 0 Å². The van der Waals surface area contributed by atoms with Crippen LogP contribution in [-0.2, 0) is 22.2 Å². The summed E-state index contributed by atoms with van der Waals surface area (Å²) in [6.45, 7) is 2.13. The predicted octanol–water partition coefficient (Wildman–Crippen LogP) is 0.905. The average molecular weight is 389 g/mol. The lowest BCUT2D eigenvalue weighted by Gasteiger charge is -2.19. The third-order valence-corrected chi connectivity index (χ3v) is 6.37. The van der Waals surface area contributed by atoms with Gasteiger partial charge in [0, 0.05) is 19.2 Å². The van der Waals surface area contributed by atoms with Crippen molar-refractivity contribution in [3.8, 4) is 0 Å². The molecule has 1 saturated heterocycles. The first kappa shape index (κ1) is 17.8. The minimum Gasteiger partial charge on any atom is -0.379 e. The first-order chi connectivity index (χ1) is 12.9. The number of aromatic nitrogens is 4.